The Hall–Kier alpha value is 0.370. The monoisotopic (exact) mass is 443 g/mol. The first-order chi connectivity index (χ1) is 10.2. The number of hydrogen-bond donors (Lipinski definition) is 0. The van der Waals surface area contributed by atoms with Gasteiger partial charge < -0.3 is 0 Å². The van der Waals surface area contributed by atoms with E-state index in [4.69, 9.17) is 58.0 Å². The zero-order chi connectivity index (χ0) is 18.3. The molecule has 0 N–H and O–H groups in total. The molecule has 0 spiro atoms. The molecule has 23 heavy (non-hydrogen) atoms. The van der Waals surface area contributed by atoms with Gasteiger partial charge in [0.1, 0.15) is 6.34 Å². The Morgan fingerprint density at radius 1 is 1.04 bits per heavy atom. The summed E-state index contributed by atoms with van der Waals surface area (Å²) in [5.41, 5.74) is 0. The van der Waals surface area contributed by atoms with E-state index in [1.165, 1.54) is 0 Å². The maximum Gasteiger partial charge on any atom is 0.457 e. The van der Waals surface area contributed by atoms with Gasteiger partial charge in [0.25, 0.3) is 0 Å². The quantitative estimate of drug-likeness (QED) is 0.322. The summed E-state index contributed by atoms with van der Waals surface area (Å²) >= 11 is 28.0. The van der Waals surface area contributed by atoms with E-state index in [-0.39, 0.29) is 11.4 Å². The zero-order valence-corrected chi connectivity index (χ0v) is 15.2. The van der Waals surface area contributed by atoms with Crippen LogP contribution in [0.3, 0.4) is 0 Å². The van der Waals surface area contributed by atoms with Crippen LogP contribution in [0.15, 0.2) is 5.10 Å². The van der Waals surface area contributed by atoms with Crippen LogP contribution < -0.4 is 0 Å². The number of hydrogen-bond acceptors (Lipinski definition) is 3. The van der Waals surface area contributed by atoms with Gasteiger partial charge in [-0.3, -0.25) is 9.91 Å². The van der Waals surface area contributed by atoms with Crippen molar-refractivity contribution in [2.24, 2.45) is 5.10 Å². The Bertz CT molecular complexity index is 451. The number of rotatable bonds is 5. The third kappa shape index (κ3) is 4.14. The number of alkyl halides is 10. The highest BCUT2D eigenvalue weighted by Crippen LogP contribution is 2.52. The van der Waals surface area contributed by atoms with Crippen LogP contribution in [0.4, 0.5) is 22.0 Å². The lowest BCUT2D eigenvalue weighted by atomic mass is 10.2. The highest BCUT2D eigenvalue weighted by Gasteiger charge is 2.70. The predicted octanol–water partition coefficient (Wildman–Crippen LogP) is 5.37. The molecule has 3 nitrogen and oxygen atoms in total. The molecular formula is C10H11Cl5F5N3. The van der Waals surface area contributed by atoms with Crippen molar-refractivity contribution in [1.82, 2.24) is 9.91 Å². The van der Waals surface area contributed by atoms with Crippen molar-refractivity contribution in [3.05, 3.63) is 0 Å². The minimum Gasteiger partial charge on any atom is -0.298 e. The molecule has 0 radical (unpaired) electrons. The minimum atomic E-state index is -5.88. The molecule has 0 aliphatic carbocycles. The molecule has 1 atom stereocenters. The van der Waals surface area contributed by atoms with E-state index in [0.29, 0.717) is 24.2 Å². The summed E-state index contributed by atoms with van der Waals surface area (Å²) < 4.78 is 61.0. The topological polar surface area (TPSA) is 18.8 Å². The number of halogens is 10. The molecule has 0 amide bonds. The predicted molar refractivity (Wildman–Crippen MR) is 81.5 cm³/mol. The van der Waals surface area contributed by atoms with E-state index in [9.17, 15) is 22.0 Å². The lowest BCUT2D eigenvalue weighted by molar-refractivity contribution is -0.315. The van der Waals surface area contributed by atoms with Crippen molar-refractivity contribution in [3.8, 4) is 0 Å². The summed E-state index contributed by atoms with van der Waals surface area (Å²) in [4.78, 5) is 0.187. The van der Waals surface area contributed by atoms with Crippen molar-refractivity contribution in [2.45, 2.75) is 46.3 Å². The fraction of sp³-hybridized carbons (Fsp3) is 0.900. The van der Waals surface area contributed by atoms with Gasteiger partial charge in [-0.2, -0.15) is 27.1 Å². The molecule has 1 aliphatic heterocycles. The summed E-state index contributed by atoms with van der Waals surface area (Å²) in [6.07, 6.45) is -7.12. The molecule has 0 aromatic carbocycles. The maximum absolute atomic E-state index is 13.9. The minimum absolute atomic E-state index is 0.187. The molecule has 136 valence electrons. The Morgan fingerprint density at radius 2 is 1.57 bits per heavy atom. The Balaban J connectivity index is 3.28. The first-order valence-electron chi connectivity index (χ1n) is 6.16. The Kier molecular flexibility index (Phi) is 6.46. The molecule has 13 heteroatoms. The second-order valence-electron chi connectivity index (χ2n) is 4.69. The first kappa shape index (κ1) is 21.4. The summed E-state index contributed by atoms with van der Waals surface area (Å²) in [5, 5.41) is 4.03. The first-order valence-corrected chi connectivity index (χ1v) is 8.05. The largest absolute Gasteiger partial charge is 0.457 e. The van der Waals surface area contributed by atoms with Crippen LogP contribution in [0.2, 0.25) is 0 Å². The van der Waals surface area contributed by atoms with E-state index >= 15 is 0 Å². The van der Waals surface area contributed by atoms with E-state index in [2.05, 4.69) is 5.10 Å². The van der Waals surface area contributed by atoms with Crippen molar-refractivity contribution in [2.75, 3.05) is 6.54 Å². The summed E-state index contributed by atoms with van der Waals surface area (Å²) in [7, 11) is 0. The van der Waals surface area contributed by atoms with Crippen molar-refractivity contribution in [3.63, 3.8) is 0 Å². The Morgan fingerprint density at radius 3 is 1.96 bits per heavy atom. The van der Waals surface area contributed by atoms with Crippen molar-refractivity contribution < 1.29 is 22.0 Å². The van der Waals surface area contributed by atoms with Gasteiger partial charge in [-0.1, -0.05) is 71.3 Å². The number of unbranched alkanes of at least 4 members (excludes halogenated alkanes) is 1. The van der Waals surface area contributed by atoms with Crippen molar-refractivity contribution in [1.29, 1.82) is 0 Å². The molecule has 0 bridgehead atoms. The van der Waals surface area contributed by atoms with Gasteiger partial charge in [0.2, 0.25) is 8.25 Å². The lowest BCUT2D eigenvalue weighted by Crippen LogP contribution is -2.64. The maximum atomic E-state index is 13.9. The summed E-state index contributed by atoms with van der Waals surface area (Å²) in [5.74, 6) is -5.23. The summed E-state index contributed by atoms with van der Waals surface area (Å²) in [6, 6.07) is 0. The van der Waals surface area contributed by atoms with Gasteiger partial charge >= 0.3 is 12.1 Å². The standard InChI is InChI=1S/C10H11Cl5F5N3/c1-2-3-4-23-6(7(16,17)10(18,19)20)22(5-21-23)9(14,15)8(11,12)13/h5-6H,2-4H2,1H3. The smallest absolute Gasteiger partial charge is 0.298 e. The average Bonchev–Trinajstić information content (AvgIpc) is 2.78. The van der Waals surface area contributed by atoms with Crippen LogP contribution in [0, 0.1) is 0 Å². The molecule has 0 saturated heterocycles. The van der Waals surface area contributed by atoms with Crippen molar-refractivity contribution >= 4 is 64.3 Å². The fourth-order valence-corrected chi connectivity index (χ4v) is 2.34. The van der Waals surface area contributed by atoms with Gasteiger partial charge in [0.15, 0.2) is 6.17 Å². The number of hydrazone groups is 1. The SMILES string of the molecule is CCCCN1N=CN(C(Cl)(Cl)C(Cl)(Cl)Cl)C1C(F)(F)C(F)(F)F. The molecule has 1 heterocycles. The molecule has 1 unspecified atom stereocenters. The van der Waals surface area contributed by atoms with E-state index in [1.54, 1.807) is 6.92 Å². The average molecular weight is 445 g/mol. The Labute approximate surface area is 154 Å². The van der Waals surface area contributed by atoms with E-state index in [1.807, 2.05) is 0 Å². The molecule has 0 aromatic heterocycles. The second-order valence-corrected chi connectivity index (χ2v) is 8.26. The van der Waals surface area contributed by atoms with Gasteiger partial charge in [0.05, 0.1) is 0 Å². The second kappa shape index (κ2) is 6.94. The normalized spacial score (nSPS) is 20.6. The van der Waals surface area contributed by atoms with E-state index in [0.717, 1.165) is 0 Å². The van der Waals surface area contributed by atoms with Gasteiger partial charge in [-0.05, 0) is 6.42 Å². The highest BCUT2D eigenvalue weighted by molar-refractivity contribution is 6.75. The van der Waals surface area contributed by atoms with Gasteiger partial charge in [-0.25, -0.2) is 0 Å². The van der Waals surface area contributed by atoms with Crippen LogP contribution in [-0.4, -0.2) is 49.3 Å². The molecule has 1 rings (SSSR count). The molecule has 0 fully saturated rings. The van der Waals surface area contributed by atoms with Crippen LogP contribution in [0.5, 0.6) is 0 Å². The third-order valence-corrected chi connectivity index (χ3v) is 5.34. The molecule has 1 aliphatic rings. The summed E-state index contributed by atoms with van der Waals surface area (Å²) in [6.45, 7) is 1.53. The zero-order valence-electron chi connectivity index (χ0n) is 11.4. The van der Waals surface area contributed by atoms with Gasteiger partial charge in [0, 0.05) is 6.54 Å². The number of nitrogens with zero attached hydrogens (tertiary/aromatic N) is 3. The van der Waals surface area contributed by atoms with E-state index < -0.39 is 26.5 Å². The van der Waals surface area contributed by atoms with Crippen LogP contribution in [-0.2, 0) is 0 Å². The molecule has 0 aromatic rings. The van der Waals surface area contributed by atoms with Crippen LogP contribution >= 0.6 is 58.0 Å². The van der Waals surface area contributed by atoms with Crippen LogP contribution in [0.1, 0.15) is 19.8 Å². The molecular weight excluding hydrogens is 434 g/mol. The lowest BCUT2D eigenvalue weighted by Gasteiger charge is -2.43. The highest BCUT2D eigenvalue weighted by atomic mass is 35.6. The third-order valence-electron chi connectivity index (χ3n) is 2.98. The fourth-order valence-electron chi connectivity index (χ4n) is 1.77. The van der Waals surface area contributed by atoms with Crippen LogP contribution in [0.25, 0.3) is 0 Å². The van der Waals surface area contributed by atoms with Gasteiger partial charge in [-0.15, -0.1) is 0 Å². The molecule has 0 saturated carbocycles.